The maximum Gasteiger partial charge on any atom is 0.340 e. The third-order valence-electron chi connectivity index (χ3n) is 3.58. The summed E-state index contributed by atoms with van der Waals surface area (Å²) in [7, 11) is 0. The molecule has 0 bridgehead atoms. The number of halogens is 1. The zero-order valence-electron chi connectivity index (χ0n) is 13.5. The average Bonchev–Trinajstić information content (AvgIpc) is 2.77. The topological polar surface area (TPSA) is 71.2 Å². The van der Waals surface area contributed by atoms with Gasteiger partial charge in [-0.2, -0.15) is 0 Å². The van der Waals surface area contributed by atoms with Gasteiger partial charge in [-0.05, 0) is 57.0 Å². The van der Waals surface area contributed by atoms with Gasteiger partial charge >= 0.3 is 5.97 Å². The lowest BCUT2D eigenvalue weighted by Crippen LogP contribution is -2.15. The number of esters is 1. The Morgan fingerprint density at radius 3 is 2.57 bits per heavy atom. The zero-order valence-corrected chi connectivity index (χ0v) is 13.5. The van der Waals surface area contributed by atoms with Gasteiger partial charge in [0.2, 0.25) is 0 Å². The summed E-state index contributed by atoms with van der Waals surface area (Å²) >= 11 is 0. The lowest BCUT2D eigenvalue weighted by molar-refractivity contribution is 0.0525. The molecule has 0 aliphatic carbocycles. The maximum absolute atomic E-state index is 13.1. The van der Waals surface area contributed by atoms with Crippen LogP contribution in [0.1, 0.15) is 44.6 Å². The van der Waals surface area contributed by atoms with Crippen molar-refractivity contribution in [2.24, 2.45) is 0 Å². The fourth-order valence-corrected chi connectivity index (χ4v) is 2.44. The van der Waals surface area contributed by atoms with Gasteiger partial charge in [-0.3, -0.25) is 4.79 Å². The summed E-state index contributed by atoms with van der Waals surface area (Å²) in [5.74, 6) is -1.22. The van der Waals surface area contributed by atoms with Crippen LogP contribution >= 0.6 is 0 Å². The first-order valence-corrected chi connectivity index (χ1v) is 7.29. The number of carbonyl (C=O) groups excluding carboxylic acids is 2. The number of nitrogens with one attached hydrogen (secondary N) is 2. The lowest BCUT2D eigenvalue weighted by atomic mass is 10.1. The molecular weight excluding hydrogens is 299 g/mol. The molecular formula is C17H19FN2O3. The van der Waals surface area contributed by atoms with Gasteiger partial charge in [0.15, 0.2) is 0 Å². The number of H-pyrrole nitrogens is 1. The highest BCUT2D eigenvalue weighted by atomic mass is 19.1. The van der Waals surface area contributed by atoms with Crippen LogP contribution in [0.3, 0.4) is 0 Å². The van der Waals surface area contributed by atoms with Gasteiger partial charge in [-0.25, -0.2) is 9.18 Å². The van der Waals surface area contributed by atoms with Crippen LogP contribution < -0.4 is 5.32 Å². The summed E-state index contributed by atoms with van der Waals surface area (Å²) in [6, 6.07) is 4.12. The number of aryl methyl sites for hydroxylation is 2. The van der Waals surface area contributed by atoms with E-state index in [9.17, 15) is 14.0 Å². The number of aromatic nitrogens is 1. The molecule has 2 aromatic rings. The Morgan fingerprint density at radius 1 is 1.26 bits per heavy atom. The van der Waals surface area contributed by atoms with Crippen LogP contribution in [0.15, 0.2) is 18.2 Å². The molecule has 23 heavy (non-hydrogen) atoms. The van der Waals surface area contributed by atoms with Gasteiger partial charge in [0.05, 0.1) is 12.2 Å². The second kappa shape index (κ2) is 6.64. The number of benzene rings is 1. The van der Waals surface area contributed by atoms with Crippen LogP contribution in [0.5, 0.6) is 0 Å². The van der Waals surface area contributed by atoms with E-state index in [1.54, 1.807) is 27.7 Å². The first-order valence-electron chi connectivity index (χ1n) is 7.29. The fraction of sp³-hybridized carbons (Fsp3) is 0.294. The smallest absolute Gasteiger partial charge is 0.340 e. The van der Waals surface area contributed by atoms with Crippen LogP contribution in [-0.2, 0) is 4.74 Å². The van der Waals surface area contributed by atoms with Gasteiger partial charge in [0.25, 0.3) is 5.91 Å². The molecule has 1 heterocycles. The minimum atomic E-state index is -0.462. The molecule has 0 aliphatic heterocycles. The van der Waals surface area contributed by atoms with Crippen LogP contribution in [0.4, 0.5) is 10.1 Å². The van der Waals surface area contributed by atoms with Gasteiger partial charge in [-0.15, -0.1) is 0 Å². The zero-order chi connectivity index (χ0) is 17.1. The number of ether oxygens (including phenoxy) is 1. The maximum atomic E-state index is 13.1. The molecule has 0 saturated heterocycles. The molecule has 1 aromatic heterocycles. The van der Waals surface area contributed by atoms with Crippen LogP contribution in [0.2, 0.25) is 0 Å². The largest absolute Gasteiger partial charge is 0.462 e. The molecule has 0 spiro atoms. The van der Waals surface area contributed by atoms with E-state index < -0.39 is 11.9 Å². The quantitative estimate of drug-likeness (QED) is 0.847. The third-order valence-corrected chi connectivity index (χ3v) is 3.58. The van der Waals surface area contributed by atoms with Crippen molar-refractivity contribution in [3.8, 4) is 0 Å². The highest BCUT2D eigenvalue weighted by molar-refractivity contribution is 6.07. The average molecular weight is 318 g/mol. The molecule has 1 amide bonds. The number of rotatable bonds is 4. The van der Waals surface area contributed by atoms with Gasteiger partial charge in [0, 0.05) is 11.4 Å². The summed E-state index contributed by atoms with van der Waals surface area (Å²) in [6.45, 7) is 7.08. The summed E-state index contributed by atoms with van der Waals surface area (Å²) in [5.41, 5.74) is 2.88. The van der Waals surface area contributed by atoms with E-state index >= 15 is 0 Å². The Kier molecular flexibility index (Phi) is 4.83. The Bertz CT molecular complexity index is 765. The summed E-state index contributed by atoms with van der Waals surface area (Å²) in [4.78, 5) is 27.3. The Morgan fingerprint density at radius 2 is 1.96 bits per heavy atom. The highest BCUT2D eigenvalue weighted by Crippen LogP contribution is 2.22. The van der Waals surface area contributed by atoms with Crippen molar-refractivity contribution in [2.45, 2.75) is 27.7 Å². The molecule has 0 fully saturated rings. The molecule has 2 N–H and O–H groups in total. The number of anilines is 1. The molecule has 0 aliphatic rings. The normalized spacial score (nSPS) is 10.5. The molecule has 0 radical (unpaired) electrons. The molecule has 6 heteroatoms. The number of hydrogen-bond acceptors (Lipinski definition) is 3. The highest BCUT2D eigenvalue weighted by Gasteiger charge is 2.23. The number of aromatic amines is 1. The molecule has 0 saturated carbocycles. The first-order chi connectivity index (χ1) is 10.8. The van der Waals surface area contributed by atoms with Crippen LogP contribution in [0, 0.1) is 26.6 Å². The molecule has 1 aromatic carbocycles. The Labute approximate surface area is 133 Å². The fourth-order valence-electron chi connectivity index (χ4n) is 2.44. The monoisotopic (exact) mass is 318 g/mol. The van der Waals surface area contributed by atoms with Crippen LogP contribution in [-0.4, -0.2) is 23.5 Å². The van der Waals surface area contributed by atoms with E-state index in [2.05, 4.69) is 10.3 Å². The van der Waals surface area contributed by atoms with E-state index in [0.717, 1.165) is 0 Å². The molecule has 122 valence electrons. The predicted molar refractivity (Wildman–Crippen MR) is 85.3 cm³/mol. The van der Waals surface area contributed by atoms with Crippen LogP contribution in [0.25, 0.3) is 0 Å². The first kappa shape index (κ1) is 16.7. The standard InChI is InChI=1S/C17H19FN2O3/c1-5-23-17(22)14-10(3)15(19-11(14)4)16(21)20-13-7-6-12(18)8-9(13)2/h6-8,19H,5H2,1-4H3,(H,20,21). The van der Waals surface area contributed by atoms with Crippen molar-refractivity contribution >= 4 is 17.6 Å². The predicted octanol–water partition coefficient (Wildman–Crippen LogP) is 3.51. The van der Waals surface area contributed by atoms with Gasteiger partial charge < -0.3 is 15.0 Å². The molecule has 2 rings (SSSR count). The second-order valence-corrected chi connectivity index (χ2v) is 5.26. The van der Waals surface area contributed by atoms with E-state index in [4.69, 9.17) is 4.74 Å². The Balaban J connectivity index is 2.30. The lowest BCUT2D eigenvalue weighted by Gasteiger charge is -2.08. The van der Waals surface area contributed by atoms with E-state index in [1.165, 1.54) is 18.2 Å². The molecule has 0 atom stereocenters. The summed E-state index contributed by atoms with van der Waals surface area (Å²) < 4.78 is 18.1. The van der Waals surface area contributed by atoms with Crippen molar-refractivity contribution in [3.05, 3.63) is 52.1 Å². The van der Waals surface area contributed by atoms with Crippen molar-refractivity contribution in [3.63, 3.8) is 0 Å². The van der Waals surface area contributed by atoms with E-state index in [0.29, 0.717) is 28.1 Å². The van der Waals surface area contributed by atoms with Crippen molar-refractivity contribution < 1.29 is 18.7 Å². The van der Waals surface area contributed by atoms with Crippen molar-refractivity contribution in [1.82, 2.24) is 4.98 Å². The minimum Gasteiger partial charge on any atom is -0.462 e. The summed E-state index contributed by atoms with van der Waals surface area (Å²) in [5, 5.41) is 2.72. The van der Waals surface area contributed by atoms with E-state index in [-0.39, 0.29) is 18.1 Å². The summed E-state index contributed by atoms with van der Waals surface area (Å²) in [6.07, 6.45) is 0. The molecule has 5 nitrogen and oxygen atoms in total. The SMILES string of the molecule is CCOC(=O)c1c(C)[nH]c(C(=O)Nc2ccc(F)cc2C)c1C. The molecule has 0 unspecified atom stereocenters. The third kappa shape index (κ3) is 3.41. The van der Waals surface area contributed by atoms with Gasteiger partial charge in [-0.1, -0.05) is 0 Å². The number of hydrogen-bond donors (Lipinski definition) is 2. The number of carbonyl (C=O) groups is 2. The Hall–Kier alpha value is -2.63. The number of amides is 1. The second-order valence-electron chi connectivity index (χ2n) is 5.26. The van der Waals surface area contributed by atoms with E-state index in [1.807, 2.05) is 0 Å². The van der Waals surface area contributed by atoms with Crippen molar-refractivity contribution in [2.75, 3.05) is 11.9 Å². The minimum absolute atomic E-state index is 0.263. The van der Waals surface area contributed by atoms with Gasteiger partial charge in [0.1, 0.15) is 11.5 Å². The van der Waals surface area contributed by atoms with Crippen molar-refractivity contribution in [1.29, 1.82) is 0 Å².